The van der Waals surface area contributed by atoms with E-state index in [1.54, 1.807) is 11.8 Å². The standard InChI is InChI=1S/C15H15N3S/c1-10(2)9-19-15-17-16-14-8-11(3)12-6-4-5-7-13(12)18(14)15/h4-8H,1,9H2,2-3H3. The highest BCUT2D eigenvalue weighted by molar-refractivity contribution is 7.99. The Hall–Kier alpha value is -1.81. The molecule has 0 bridgehead atoms. The second kappa shape index (κ2) is 4.70. The van der Waals surface area contributed by atoms with E-state index >= 15 is 0 Å². The van der Waals surface area contributed by atoms with Gasteiger partial charge >= 0.3 is 0 Å². The minimum atomic E-state index is 0.864. The van der Waals surface area contributed by atoms with Crippen LogP contribution in [-0.2, 0) is 0 Å². The van der Waals surface area contributed by atoms with Crippen molar-refractivity contribution in [2.24, 2.45) is 0 Å². The van der Waals surface area contributed by atoms with Crippen molar-refractivity contribution in [3.8, 4) is 0 Å². The van der Waals surface area contributed by atoms with E-state index in [0.717, 1.165) is 27.6 Å². The maximum atomic E-state index is 4.29. The molecule has 0 spiro atoms. The Morgan fingerprint density at radius 2 is 2.11 bits per heavy atom. The highest BCUT2D eigenvalue weighted by atomic mass is 32.2. The van der Waals surface area contributed by atoms with E-state index in [0.29, 0.717) is 0 Å². The molecule has 4 heteroatoms. The van der Waals surface area contributed by atoms with Crippen molar-refractivity contribution in [3.05, 3.63) is 48.0 Å². The third-order valence-corrected chi connectivity index (χ3v) is 4.18. The molecule has 0 unspecified atom stereocenters. The number of thioether (sulfide) groups is 1. The van der Waals surface area contributed by atoms with Gasteiger partial charge in [0.1, 0.15) is 0 Å². The number of hydrogen-bond donors (Lipinski definition) is 0. The lowest BCUT2D eigenvalue weighted by Crippen LogP contribution is -1.93. The summed E-state index contributed by atoms with van der Waals surface area (Å²) in [7, 11) is 0. The lowest BCUT2D eigenvalue weighted by molar-refractivity contribution is 0.941. The van der Waals surface area contributed by atoms with Crippen molar-refractivity contribution in [3.63, 3.8) is 0 Å². The Morgan fingerprint density at radius 3 is 2.89 bits per heavy atom. The molecular formula is C15H15N3S. The number of aryl methyl sites for hydroxylation is 1. The molecular weight excluding hydrogens is 254 g/mol. The summed E-state index contributed by atoms with van der Waals surface area (Å²) in [6.45, 7) is 8.07. The van der Waals surface area contributed by atoms with Crippen molar-refractivity contribution in [2.45, 2.75) is 19.0 Å². The normalized spacial score (nSPS) is 11.3. The summed E-state index contributed by atoms with van der Waals surface area (Å²) in [4.78, 5) is 0. The number of nitrogens with zero attached hydrogens (tertiary/aromatic N) is 3. The van der Waals surface area contributed by atoms with E-state index in [1.807, 2.05) is 6.92 Å². The third-order valence-electron chi connectivity index (χ3n) is 3.02. The second-order valence-electron chi connectivity index (χ2n) is 4.77. The Balaban J connectivity index is 2.25. The van der Waals surface area contributed by atoms with Gasteiger partial charge in [0.25, 0.3) is 0 Å². The van der Waals surface area contributed by atoms with Crippen molar-refractivity contribution in [1.82, 2.24) is 14.6 Å². The lowest BCUT2D eigenvalue weighted by atomic mass is 10.1. The topological polar surface area (TPSA) is 30.2 Å². The molecule has 0 radical (unpaired) electrons. The fraction of sp³-hybridized carbons (Fsp3) is 0.200. The van der Waals surface area contributed by atoms with Gasteiger partial charge in [-0.2, -0.15) is 0 Å². The monoisotopic (exact) mass is 269 g/mol. The summed E-state index contributed by atoms with van der Waals surface area (Å²) in [6.07, 6.45) is 0. The molecule has 2 aromatic heterocycles. The van der Waals surface area contributed by atoms with Crippen LogP contribution in [0.25, 0.3) is 16.6 Å². The average molecular weight is 269 g/mol. The Bertz CT molecular complexity index is 774. The number of pyridine rings is 1. The van der Waals surface area contributed by atoms with Gasteiger partial charge in [0, 0.05) is 11.1 Å². The molecule has 0 saturated carbocycles. The highest BCUT2D eigenvalue weighted by Gasteiger charge is 2.10. The van der Waals surface area contributed by atoms with Crippen LogP contribution in [0.3, 0.4) is 0 Å². The van der Waals surface area contributed by atoms with Crippen LogP contribution in [0.1, 0.15) is 12.5 Å². The Kier molecular flexibility index (Phi) is 3.03. The predicted molar refractivity (Wildman–Crippen MR) is 80.8 cm³/mol. The van der Waals surface area contributed by atoms with E-state index in [-0.39, 0.29) is 0 Å². The average Bonchev–Trinajstić information content (AvgIpc) is 2.80. The van der Waals surface area contributed by atoms with Crippen LogP contribution in [0.2, 0.25) is 0 Å². The quantitative estimate of drug-likeness (QED) is 0.534. The Labute approximate surface area is 116 Å². The Morgan fingerprint density at radius 1 is 1.32 bits per heavy atom. The summed E-state index contributed by atoms with van der Waals surface area (Å²) < 4.78 is 2.12. The maximum absolute atomic E-state index is 4.29. The first-order valence-corrected chi connectivity index (χ1v) is 7.16. The zero-order valence-corrected chi connectivity index (χ0v) is 11.9. The van der Waals surface area contributed by atoms with E-state index in [4.69, 9.17) is 0 Å². The van der Waals surface area contributed by atoms with Gasteiger partial charge in [-0.3, -0.25) is 4.40 Å². The molecule has 2 heterocycles. The predicted octanol–water partition coefficient (Wildman–Crippen LogP) is 3.86. The van der Waals surface area contributed by atoms with Crippen LogP contribution in [0.15, 0.2) is 47.6 Å². The number of aromatic nitrogens is 3. The SMILES string of the molecule is C=C(C)CSc1nnc2cc(C)c3ccccc3n12. The summed E-state index contributed by atoms with van der Waals surface area (Å²) in [5.41, 5.74) is 4.43. The van der Waals surface area contributed by atoms with Crippen LogP contribution >= 0.6 is 11.8 Å². The van der Waals surface area contributed by atoms with Crippen LogP contribution in [0, 0.1) is 6.92 Å². The van der Waals surface area contributed by atoms with Crippen molar-refractivity contribution in [1.29, 1.82) is 0 Å². The number of benzene rings is 1. The molecule has 0 aliphatic carbocycles. The zero-order chi connectivity index (χ0) is 13.4. The molecule has 0 N–H and O–H groups in total. The van der Waals surface area contributed by atoms with E-state index < -0.39 is 0 Å². The third kappa shape index (κ3) is 2.12. The molecule has 19 heavy (non-hydrogen) atoms. The van der Waals surface area contributed by atoms with Gasteiger partial charge in [-0.15, -0.1) is 10.2 Å². The highest BCUT2D eigenvalue weighted by Crippen LogP contribution is 2.26. The first-order chi connectivity index (χ1) is 9.16. The van der Waals surface area contributed by atoms with E-state index in [2.05, 4.69) is 58.4 Å². The number of hydrogen-bond acceptors (Lipinski definition) is 3. The van der Waals surface area contributed by atoms with Gasteiger partial charge in [-0.25, -0.2) is 0 Å². The van der Waals surface area contributed by atoms with Gasteiger partial charge in [-0.05, 0) is 31.5 Å². The smallest absolute Gasteiger partial charge is 0.196 e. The largest absolute Gasteiger partial charge is 0.270 e. The first-order valence-electron chi connectivity index (χ1n) is 6.17. The van der Waals surface area contributed by atoms with Crippen LogP contribution in [0.5, 0.6) is 0 Å². The van der Waals surface area contributed by atoms with Gasteiger partial charge in [0.15, 0.2) is 10.8 Å². The second-order valence-corrected chi connectivity index (χ2v) is 5.71. The molecule has 3 aromatic rings. The molecule has 3 nitrogen and oxygen atoms in total. The first kappa shape index (κ1) is 12.2. The molecule has 0 amide bonds. The van der Waals surface area contributed by atoms with Gasteiger partial charge < -0.3 is 0 Å². The van der Waals surface area contributed by atoms with Gasteiger partial charge in [-0.1, -0.05) is 42.1 Å². The summed E-state index contributed by atoms with van der Waals surface area (Å²) in [5.74, 6) is 0.864. The molecule has 0 aliphatic rings. The summed E-state index contributed by atoms with van der Waals surface area (Å²) in [6, 6.07) is 10.4. The minimum Gasteiger partial charge on any atom is -0.270 e. The number of para-hydroxylation sites is 1. The fourth-order valence-corrected chi connectivity index (χ4v) is 2.95. The van der Waals surface area contributed by atoms with Gasteiger partial charge in [0.2, 0.25) is 0 Å². The van der Waals surface area contributed by atoms with Crippen molar-refractivity contribution >= 4 is 28.3 Å². The molecule has 3 rings (SSSR count). The lowest BCUT2D eigenvalue weighted by Gasteiger charge is -2.07. The van der Waals surface area contributed by atoms with Gasteiger partial charge in [0.05, 0.1) is 5.52 Å². The van der Waals surface area contributed by atoms with Crippen LogP contribution in [-0.4, -0.2) is 20.4 Å². The molecule has 0 aliphatic heterocycles. The van der Waals surface area contributed by atoms with Crippen molar-refractivity contribution < 1.29 is 0 Å². The molecule has 0 atom stereocenters. The maximum Gasteiger partial charge on any atom is 0.196 e. The molecule has 0 fully saturated rings. The summed E-state index contributed by atoms with van der Waals surface area (Å²) >= 11 is 1.68. The van der Waals surface area contributed by atoms with Crippen LogP contribution < -0.4 is 0 Å². The number of rotatable bonds is 3. The van der Waals surface area contributed by atoms with Crippen molar-refractivity contribution in [2.75, 3.05) is 5.75 Å². The van der Waals surface area contributed by atoms with E-state index in [1.165, 1.54) is 10.9 Å². The minimum absolute atomic E-state index is 0.864. The fourth-order valence-electron chi connectivity index (χ4n) is 2.16. The van der Waals surface area contributed by atoms with Crippen LogP contribution in [0.4, 0.5) is 0 Å². The van der Waals surface area contributed by atoms with E-state index in [9.17, 15) is 0 Å². The number of fused-ring (bicyclic) bond motifs is 3. The molecule has 1 aromatic carbocycles. The zero-order valence-electron chi connectivity index (χ0n) is 11.1. The summed E-state index contributed by atoms with van der Waals surface area (Å²) in [5, 5.41) is 10.7. The molecule has 96 valence electrons. The molecule has 0 saturated heterocycles.